The van der Waals surface area contributed by atoms with Crippen LogP contribution >= 0.6 is 0 Å². The van der Waals surface area contributed by atoms with Gasteiger partial charge in [-0.1, -0.05) is 6.07 Å². The van der Waals surface area contributed by atoms with E-state index in [0.29, 0.717) is 30.4 Å². The van der Waals surface area contributed by atoms with Crippen LogP contribution in [0.15, 0.2) is 36.5 Å². The molecule has 29 heavy (non-hydrogen) atoms. The first-order valence-electron chi connectivity index (χ1n) is 9.58. The standard InChI is InChI=1S/C21H26N4O4/c1-13-3-4-15(25-21(27)19(22)14-6-9-28-10-7-14)11-18(13)29-16-5-8-24-17(12-16)20(26)23-2/h3-5,8,11-12,14,19H,6-7,9-10,22H2,1-2H3,(H,23,26)(H,25,27). The molecule has 154 valence electrons. The number of benzene rings is 1. The third-order valence-electron chi connectivity index (χ3n) is 4.95. The van der Waals surface area contributed by atoms with E-state index in [2.05, 4.69) is 15.6 Å². The van der Waals surface area contributed by atoms with Crippen LogP contribution in [0, 0.1) is 12.8 Å². The number of hydrogen-bond acceptors (Lipinski definition) is 6. The van der Waals surface area contributed by atoms with Gasteiger partial charge in [0.15, 0.2) is 0 Å². The lowest BCUT2D eigenvalue weighted by Crippen LogP contribution is -2.44. The van der Waals surface area contributed by atoms with Gasteiger partial charge >= 0.3 is 0 Å². The average molecular weight is 398 g/mol. The summed E-state index contributed by atoms with van der Waals surface area (Å²) in [6, 6.07) is 8.04. The second-order valence-electron chi connectivity index (χ2n) is 7.00. The van der Waals surface area contributed by atoms with Crippen molar-refractivity contribution >= 4 is 17.5 Å². The van der Waals surface area contributed by atoms with Crippen molar-refractivity contribution in [1.82, 2.24) is 10.3 Å². The molecule has 1 aromatic carbocycles. The molecule has 0 bridgehead atoms. The zero-order valence-electron chi connectivity index (χ0n) is 16.6. The number of nitrogens with zero attached hydrogens (tertiary/aromatic N) is 1. The van der Waals surface area contributed by atoms with Gasteiger partial charge < -0.3 is 25.8 Å². The highest BCUT2D eigenvalue weighted by atomic mass is 16.5. The third kappa shape index (κ3) is 5.30. The minimum absolute atomic E-state index is 0.116. The van der Waals surface area contributed by atoms with Gasteiger partial charge in [0.05, 0.1) is 6.04 Å². The van der Waals surface area contributed by atoms with Gasteiger partial charge in [0.1, 0.15) is 17.2 Å². The topological polar surface area (TPSA) is 116 Å². The van der Waals surface area contributed by atoms with Gasteiger partial charge in [0.2, 0.25) is 5.91 Å². The molecule has 4 N–H and O–H groups in total. The van der Waals surface area contributed by atoms with Crippen LogP contribution in [0.4, 0.5) is 5.69 Å². The van der Waals surface area contributed by atoms with Gasteiger partial charge in [0, 0.05) is 44.3 Å². The molecule has 2 amide bonds. The minimum Gasteiger partial charge on any atom is -0.457 e. The Morgan fingerprint density at radius 3 is 2.72 bits per heavy atom. The van der Waals surface area contributed by atoms with Crippen LogP contribution < -0.4 is 21.1 Å². The average Bonchev–Trinajstić information content (AvgIpc) is 2.75. The fourth-order valence-corrected chi connectivity index (χ4v) is 3.16. The highest BCUT2D eigenvalue weighted by Gasteiger charge is 2.26. The van der Waals surface area contributed by atoms with E-state index in [4.69, 9.17) is 15.2 Å². The minimum atomic E-state index is -0.583. The summed E-state index contributed by atoms with van der Waals surface area (Å²) in [5.74, 6) is 0.637. The van der Waals surface area contributed by atoms with Crippen LogP contribution in [-0.2, 0) is 9.53 Å². The van der Waals surface area contributed by atoms with E-state index in [9.17, 15) is 9.59 Å². The summed E-state index contributed by atoms with van der Waals surface area (Å²) in [7, 11) is 1.54. The Labute approximate surface area is 169 Å². The van der Waals surface area contributed by atoms with Crippen LogP contribution in [0.25, 0.3) is 0 Å². The molecule has 1 saturated heterocycles. The number of amides is 2. The second kappa shape index (κ2) is 9.49. The first-order chi connectivity index (χ1) is 14.0. The molecule has 8 nitrogen and oxygen atoms in total. The Hall–Kier alpha value is -2.97. The molecule has 1 atom stereocenters. The lowest BCUT2D eigenvalue weighted by Gasteiger charge is -2.26. The Kier molecular flexibility index (Phi) is 6.79. The number of nitrogens with two attached hydrogens (primary N) is 1. The Bertz CT molecular complexity index is 881. The van der Waals surface area contributed by atoms with E-state index in [0.717, 1.165) is 18.4 Å². The number of ether oxygens (including phenoxy) is 2. The summed E-state index contributed by atoms with van der Waals surface area (Å²) in [5, 5.41) is 5.40. The maximum Gasteiger partial charge on any atom is 0.269 e. The molecular formula is C21H26N4O4. The predicted octanol–water partition coefficient (Wildman–Crippen LogP) is 2.23. The van der Waals surface area contributed by atoms with Crippen molar-refractivity contribution in [3.63, 3.8) is 0 Å². The monoisotopic (exact) mass is 398 g/mol. The SMILES string of the molecule is CNC(=O)c1cc(Oc2cc(NC(=O)C(N)C3CCOCC3)ccc2C)ccn1. The molecule has 1 aliphatic heterocycles. The van der Waals surface area contributed by atoms with E-state index in [1.165, 1.54) is 6.20 Å². The molecule has 1 fully saturated rings. The van der Waals surface area contributed by atoms with Gasteiger partial charge in [-0.3, -0.25) is 14.6 Å². The Morgan fingerprint density at radius 1 is 1.24 bits per heavy atom. The molecule has 0 spiro atoms. The number of anilines is 1. The molecule has 0 aliphatic carbocycles. The second-order valence-corrected chi connectivity index (χ2v) is 7.00. The fourth-order valence-electron chi connectivity index (χ4n) is 3.16. The zero-order valence-corrected chi connectivity index (χ0v) is 16.6. The number of rotatable bonds is 6. The van der Waals surface area contributed by atoms with Crippen molar-refractivity contribution in [2.75, 3.05) is 25.6 Å². The molecule has 1 aliphatic rings. The smallest absolute Gasteiger partial charge is 0.269 e. The Morgan fingerprint density at radius 2 is 2.00 bits per heavy atom. The van der Waals surface area contributed by atoms with Crippen LogP contribution in [0.5, 0.6) is 11.5 Å². The van der Waals surface area contributed by atoms with Crippen molar-refractivity contribution in [1.29, 1.82) is 0 Å². The molecular weight excluding hydrogens is 372 g/mol. The molecule has 2 heterocycles. The summed E-state index contributed by atoms with van der Waals surface area (Å²) >= 11 is 0. The van der Waals surface area contributed by atoms with E-state index in [1.807, 2.05) is 13.0 Å². The number of aromatic nitrogens is 1. The number of carbonyl (C=O) groups excluding carboxylic acids is 2. The van der Waals surface area contributed by atoms with Crippen molar-refractivity contribution in [3.8, 4) is 11.5 Å². The van der Waals surface area contributed by atoms with Gasteiger partial charge in [-0.2, -0.15) is 0 Å². The lowest BCUT2D eigenvalue weighted by molar-refractivity contribution is -0.119. The van der Waals surface area contributed by atoms with Crippen LogP contribution in [-0.4, -0.2) is 43.1 Å². The summed E-state index contributed by atoms with van der Waals surface area (Å²) in [6.45, 7) is 3.17. The quantitative estimate of drug-likeness (QED) is 0.687. The number of hydrogen-bond donors (Lipinski definition) is 3. The molecule has 8 heteroatoms. The predicted molar refractivity (Wildman–Crippen MR) is 109 cm³/mol. The lowest BCUT2D eigenvalue weighted by atomic mass is 9.92. The molecule has 2 aromatic rings. The molecule has 1 aromatic heterocycles. The fraction of sp³-hybridized carbons (Fsp3) is 0.381. The van der Waals surface area contributed by atoms with Gasteiger partial charge in [0.25, 0.3) is 5.91 Å². The van der Waals surface area contributed by atoms with Crippen LogP contribution in [0.1, 0.15) is 28.9 Å². The van der Waals surface area contributed by atoms with E-state index in [1.54, 1.807) is 31.3 Å². The van der Waals surface area contributed by atoms with Crippen molar-refractivity contribution < 1.29 is 19.1 Å². The van der Waals surface area contributed by atoms with Gasteiger partial charge in [-0.05, 0) is 43.4 Å². The normalized spacial score (nSPS) is 15.4. The maximum absolute atomic E-state index is 12.5. The third-order valence-corrected chi connectivity index (χ3v) is 4.95. The highest BCUT2D eigenvalue weighted by Crippen LogP contribution is 2.28. The van der Waals surface area contributed by atoms with Gasteiger partial charge in [-0.25, -0.2) is 0 Å². The van der Waals surface area contributed by atoms with Crippen molar-refractivity contribution in [2.24, 2.45) is 11.7 Å². The summed E-state index contributed by atoms with van der Waals surface area (Å²) in [5.41, 5.74) is 7.88. The molecule has 0 saturated carbocycles. The maximum atomic E-state index is 12.5. The molecule has 0 radical (unpaired) electrons. The van der Waals surface area contributed by atoms with Crippen LogP contribution in [0.3, 0.4) is 0 Å². The van der Waals surface area contributed by atoms with Crippen molar-refractivity contribution in [3.05, 3.63) is 47.8 Å². The first kappa shape index (κ1) is 20.8. The summed E-state index contributed by atoms with van der Waals surface area (Å²) in [6.07, 6.45) is 3.08. The van der Waals surface area contributed by atoms with Crippen molar-refractivity contribution in [2.45, 2.75) is 25.8 Å². The first-order valence-corrected chi connectivity index (χ1v) is 9.58. The molecule has 3 rings (SSSR count). The highest BCUT2D eigenvalue weighted by molar-refractivity contribution is 5.95. The zero-order chi connectivity index (χ0) is 20.8. The number of aryl methyl sites for hydroxylation is 1. The number of nitrogens with one attached hydrogen (secondary N) is 2. The van der Waals surface area contributed by atoms with E-state index < -0.39 is 6.04 Å². The largest absolute Gasteiger partial charge is 0.457 e. The summed E-state index contributed by atoms with van der Waals surface area (Å²) < 4.78 is 11.3. The van der Waals surface area contributed by atoms with Gasteiger partial charge in [-0.15, -0.1) is 0 Å². The number of carbonyl (C=O) groups is 2. The molecule has 1 unspecified atom stereocenters. The summed E-state index contributed by atoms with van der Waals surface area (Å²) in [4.78, 5) is 28.3. The van der Waals surface area contributed by atoms with Crippen LogP contribution in [0.2, 0.25) is 0 Å². The number of pyridine rings is 1. The van der Waals surface area contributed by atoms with E-state index in [-0.39, 0.29) is 23.4 Å². The van der Waals surface area contributed by atoms with E-state index >= 15 is 0 Å². The Balaban J connectivity index is 1.71.